The third kappa shape index (κ3) is 3.48. The Morgan fingerprint density at radius 2 is 1.79 bits per heavy atom. The number of nitrogens with zero attached hydrogens (tertiary/aromatic N) is 2. The van der Waals surface area contributed by atoms with Gasteiger partial charge in [0.05, 0.1) is 16.6 Å². The third-order valence-electron chi connectivity index (χ3n) is 4.62. The maximum absolute atomic E-state index is 12.7. The van der Waals surface area contributed by atoms with E-state index in [-0.39, 0.29) is 4.90 Å². The summed E-state index contributed by atoms with van der Waals surface area (Å²) in [5.41, 5.74) is 1.95. The van der Waals surface area contributed by atoms with E-state index in [1.54, 1.807) is 18.2 Å². The number of hydrogen-bond acceptors (Lipinski definition) is 3. The largest absolute Gasteiger partial charge is 0.264 e. The Bertz CT molecular complexity index is 801. The van der Waals surface area contributed by atoms with Crippen LogP contribution in [0.15, 0.2) is 35.2 Å². The second kappa shape index (κ2) is 6.59. The first-order valence-corrected chi connectivity index (χ1v) is 10.0. The Kier molecular flexibility index (Phi) is 4.67. The van der Waals surface area contributed by atoms with Gasteiger partial charge in [0.25, 0.3) is 10.0 Å². The molecule has 1 N–H and O–H groups in total. The number of benzene rings is 1. The lowest BCUT2D eigenvalue weighted by Crippen LogP contribution is -2.18. The Balaban J connectivity index is 1.87. The first kappa shape index (κ1) is 17.0. The Morgan fingerprint density at radius 1 is 1.17 bits per heavy atom. The highest BCUT2D eigenvalue weighted by molar-refractivity contribution is 7.92. The zero-order chi connectivity index (χ0) is 17.3. The standard InChI is InChI=1S/C18H25N3O2S/c1-13(2)15-8-10-17(11-9-15)24(22,23)20-18-12-14(3)19-21(18)16-6-4-5-7-16/h8-13,16,20H,4-7H2,1-3H3. The van der Waals surface area contributed by atoms with E-state index >= 15 is 0 Å². The highest BCUT2D eigenvalue weighted by Crippen LogP contribution is 2.32. The minimum absolute atomic E-state index is 0.281. The number of aromatic nitrogens is 2. The second-order valence-electron chi connectivity index (χ2n) is 6.88. The van der Waals surface area contributed by atoms with E-state index in [1.807, 2.05) is 23.7 Å². The van der Waals surface area contributed by atoms with Crippen LogP contribution in [-0.2, 0) is 10.0 Å². The topological polar surface area (TPSA) is 64.0 Å². The molecule has 0 saturated heterocycles. The summed E-state index contributed by atoms with van der Waals surface area (Å²) in [6, 6.07) is 9.18. The van der Waals surface area contributed by atoms with Crippen LogP contribution < -0.4 is 4.72 Å². The Labute approximate surface area is 144 Å². The van der Waals surface area contributed by atoms with Crippen LogP contribution in [0.25, 0.3) is 0 Å². The van der Waals surface area contributed by atoms with Gasteiger partial charge in [0, 0.05) is 6.07 Å². The number of anilines is 1. The molecular formula is C18H25N3O2S. The van der Waals surface area contributed by atoms with Crippen LogP contribution in [0, 0.1) is 6.92 Å². The summed E-state index contributed by atoms with van der Waals surface area (Å²) >= 11 is 0. The minimum atomic E-state index is -3.61. The van der Waals surface area contributed by atoms with Gasteiger partial charge in [0.1, 0.15) is 5.82 Å². The monoisotopic (exact) mass is 347 g/mol. The van der Waals surface area contributed by atoms with E-state index in [2.05, 4.69) is 23.7 Å². The molecule has 1 saturated carbocycles. The first-order chi connectivity index (χ1) is 11.4. The molecule has 1 aliphatic rings. The predicted molar refractivity (Wildman–Crippen MR) is 95.8 cm³/mol. The number of nitrogens with one attached hydrogen (secondary N) is 1. The van der Waals surface area contributed by atoms with E-state index in [4.69, 9.17) is 0 Å². The lowest BCUT2D eigenvalue weighted by molar-refractivity contribution is 0.471. The fraction of sp³-hybridized carbons (Fsp3) is 0.500. The molecule has 0 amide bonds. The van der Waals surface area contributed by atoms with Crippen molar-refractivity contribution < 1.29 is 8.42 Å². The summed E-state index contributed by atoms with van der Waals surface area (Å²) in [6.07, 6.45) is 4.46. The van der Waals surface area contributed by atoms with Gasteiger partial charge in [-0.15, -0.1) is 0 Å². The fourth-order valence-electron chi connectivity index (χ4n) is 3.25. The summed E-state index contributed by atoms with van der Waals surface area (Å²) in [6.45, 7) is 6.07. The van der Waals surface area contributed by atoms with Crippen LogP contribution in [0.4, 0.5) is 5.82 Å². The molecule has 24 heavy (non-hydrogen) atoms. The highest BCUT2D eigenvalue weighted by atomic mass is 32.2. The third-order valence-corrected chi connectivity index (χ3v) is 6.00. The van der Waals surface area contributed by atoms with Crippen molar-refractivity contribution >= 4 is 15.8 Å². The summed E-state index contributed by atoms with van der Waals surface area (Å²) in [4.78, 5) is 0.281. The average molecular weight is 347 g/mol. The van der Waals surface area contributed by atoms with Crippen LogP contribution in [0.1, 0.15) is 62.7 Å². The van der Waals surface area contributed by atoms with E-state index in [1.165, 1.54) is 12.8 Å². The highest BCUT2D eigenvalue weighted by Gasteiger charge is 2.23. The molecule has 5 nitrogen and oxygen atoms in total. The molecule has 0 radical (unpaired) electrons. The SMILES string of the molecule is Cc1cc(NS(=O)(=O)c2ccc(C(C)C)cc2)n(C2CCCC2)n1. The van der Waals surface area contributed by atoms with Crippen molar-refractivity contribution in [3.63, 3.8) is 0 Å². The maximum atomic E-state index is 12.7. The molecule has 1 aliphatic carbocycles. The zero-order valence-corrected chi connectivity index (χ0v) is 15.3. The molecule has 1 heterocycles. The van der Waals surface area contributed by atoms with Gasteiger partial charge in [-0.2, -0.15) is 5.10 Å². The minimum Gasteiger partial charge on any atom is -0.264 e. The number of aryl methyl sites for hydroxylation is 1. The van der Waals surface area contributed by atoms with Crippen LogP contribution in [-0.4, -0.2) is 18.2 Å². The van der Waals surface area contributed by atoms with Crippen LogP contribution in [0.2, 0.25) is 0 Å². The van der Waals surface area contributed by atoms with E-state index in [0.29, 0.717) is 17.8 Å². The predicted octanol–water partition coefficient (Wildman–Crippen LogP) is 4.23. The van der Waals surface area contributed by atoms with Gasteiger partial charge in [-0.25, -0.2) is 13.1 Å². The van der Waals surface area contributed by atoms with Crippen molar-refractivity contribution in [3.05, 3.63) is 41.6 Å². The lowest BCUT2D eigenvalue weighted by atomic mass is 10.0. The maximum Gasteiger partial charge on any atom is 0.263 e. The van der Waals surface area contributed by atoms with Gasteiger partial charge in [0.15, 0.2) is 0 Å². The lowest BCUT2D eigenvalue weighted by Gasteiger charge is -2.15. The van der Waals surface area contributed by atoms with Crippen molar-refractivity contribution in [1.29, 1.82) is 0 Å². The Hall–Kier alpha value is -1.82. The summed E-state index contributed by atoms with van der Waals surface area (Å²) in [5, 5.41) is 4.50. The molecular weight excluding hydrogens is 322 g/mol. The fourth-order valence-corrected chi connectivity index (χ4v) is 4.29. The molecule has 0 unspecified atom stereocenters. The van der Waals surface area contributed by atoms with Crippen LogP contribution in [0.3, 0.4) is 0 Å². The van der Waals surface area contributed by atoms with E-state index < -0.39 is 10.0 Å². The smallest absolute Gasteiger partial charge is 0.263 e. The quantitative estimate of drug-likeness (QED) is 0.880. The van der Waals surface area contributed by atoms with Crippen LogP contribution in [0.5, 0.6) is 0 Å². The molecule has 3 rings (SSSR count). The van der Waals surface area contributed by atoms with Gasteiger partial charge < -0.3 is 0 Å². The summed E-state index contributed by atoms with van der Waals surface area (Å²) in [5.74, 6) is 0.938. The normalized spacial score (nSPS) is 16.0. The van der Waals surface area contributed by atoms with Gasteiger partial charge in [0.2, 0.25) is 0 Å². The van der Waals surface area contributed by atoms with Crippen molar-refractivity contribution in [1.82, 2.24) is 9.78 Å². The molecule has 0 spiro atoms. The molecule has 0 aliphatic heterocycles. The number of sulfonamides is 1. The number of hydrogen-bond donors (Lipinski definition) is 1. The second-order valence-corrected chi connectivity index (χ2v) is 8.57. The van der Waals surface area contributed by atoms with E-state index in [9.17, 15) is 8.42 Å². The average Bonchev–Trinajstić information content (AvgIpc) is 3.16. The van der Waals surface area contributed by atoms with Crippen molar-refractivity contribution in [2.24, 2.45) is 0 Å². The summed E-state index contributed by atoms with van der Waals surface area (Å²) in [7, 11) is -3.61. The molecule has 0 atom stereocenters. The molecule has 2 aromatic rings. The molecule has 1 aromatic heterocycles. The molecule has 130 valence electrons. The Morgan fingerprint density at radius 3 is 2.38 bits per heavy atom. The number of rotatable bonds is 5. The molecule has 6 heteroatoms. The molecule has 0 bridgehead atoms. The van der Waals surface area contributed by atoms with Crippen LogP contribution >= 0.6 is 0 Å². The van der Waals surface area contributed by atoms with Gasteiger partial charge in [-0.1, -0.05) is 38.8 Å². The zero-order valence-electron chi connectivity index (χ0n) is 14.5. The summed E-state index contributed by atoms with van der Waals surface area (Å²) < 4.78 is 30.0. The van der Waals surface area contributed by atoms with Gasteiger partial charge in [-0.05, 0) is 43.4 Å². The van der Waals surface area contributed by atoms with Crippen molar-refractivity contribution in [2.45, 2.75) is 63.3 Å². The van der Waals surface area contributed by atoms with Gasteiger partial charge >= 0.3 is 0 Å². The van der Waals surface area contributed by atoms with Crippen molar-refractivity contribution in [3.8, 4) is 0 Å². The van der Waals surface area contributed by atoms with Gasteiger partial charge in [-0.3, -0.25) is 4.72 Å². The molecule has 1 fully saturated rings. The molecule has 1 aromatic carbocycles. The van der Waals surface area contributed by atoms with Crippen molar-refractivity contribution in [2.75, 3.05) is 4.72 Å². The van der Waals surface area contributed by atoms with E-state index in [0.717, 1.165) is 24.1 Å². The first-order valence-electron chi connectivity index (χ1n) is 8.56.